The van der Waals surface area contributed by atoms with Crippen LogP contribution in [-0.2, 0) is 36.9 Å². The molecule has 5 aliphatic heterocycles. The zero-order valence-electron chi connectivity index (χ0n) is 44.4. The van der Waals surface area contributed by atoms with Crippen LogP contribution < -0.4 is 24.8 Å². The quantitative estimate of drug-likeness (QED) is 0.0601. The maximum absolute atomic E-state index is 14.1. The lowest BCUT2D eigenvalue weighted by molar-refractivity contribution is -0.137. The summed E-state index contributed by atoms with van der Waals surface area (Å²) in [7, 11) is 1.55. The van der Waals surface area contributed by atoms with Crippen molar-refractivity contribution in [2.24, 2.45) is 21.8 Å². The molecule has 4 aromatic rings. The molecular weight excluding hydrogens is 979 g/mol. The molecule has 5 aliphatic rings. The van der Waals surface area contributed by atoms with Crippen molar-refractivity contribution < 1.29 is 47.8 Å². The fraction of sp³-hybridized carbons (Fsp3) is 0.383. The number of hydrogen-bond acceptors (Lipinski definition) is 12. The Hall–Kier alpha value is -8.21. The third-order valence-electron chi connectivity index (χ3n) is 14.7. The van der Waals surface area contributed by atoms with E-state index in [0.29, 0.717) is 110 Å². The van der Waals surface area contributed by atoms with E-state index in [4.69, 9.17) is 24.2 Å². The molecule has 0 bridgehead atoms. The largest absolute Gasteiger partial charge is 0.493 e. The topological polar surface area (TPSA) is 206 Å². The second-order valence-corrected chi connectivity index (χ2v) is 20.8. The van der Waals surface area contributed by atoms with Gasteiger partial charge in [-0.05, 0) is 91.1 Å². The number of methoxy groups -OCH3 is 1. The number of rotatable bonds is 21. The van der Waals surface area contributed by atoms with E-state index in [0.717, 1.165) is 27.8 Å². The van der Waals surface area contributed by atoms with E-state index in [2.05, 4.69) is 35.8 Å². The molecule has 400 valence electrons. The normalized spacial score (nSPS) is 17.9. The van der Waals surface area contributed by atoms with Gasteiger partial charge in [-0.25, -0.2) is 0 Å². The van der Waals surface area contributed by atoms with Gasteiger partial charge < -0.3 is 34.6 Å². The van der Waals surface area contributed by atoms with Gasteiger partial charge in [0.05, 0.1) is 61.0 Å². The number of fused-ring (bicyclic) bond motifs is 5. The predicted molar refractivity (Wildman–Crippen MR) is 292 cm³/mol. The van der Waals surface area contributed by atoms with Gasteiger partial charge in [0.15, 0.2) is 17.3 Å². The van der Waals surface area contributed by atoms with E-state index in [9.17, 15) is 33.6 Å². The zero-order valence-corrected chi connectivity index (χ0v) is 44.4. The molecule has 0 aromatic heterocycles. The second kappa shape index (κ2) is 23.4. The molecule has 6 amide bonds. The number of carbonyl (C=O) groups excluding carboxylic acids is 7. The van der Waals surface area contributed by atoms with Crippen LogP contribution in [-0.4, -0.2) is 113 Å². The number of hydrogen-bond donors (Lipinski definition) is 2. The van der Waals surface area contributed by atoms with Crippen LogP contribution in [0.5, 0.6) is 17.2 Å². The van der Waals surface area contributed by atoms with E-state index >= 15 is 0 Å². The van der Waals surface area contributed by atoms with Crippen molar-refractivity contribution in [2.75, 3.05) is 32.2 Å². The number of ketones is 1. The average molecular weight is 1040 g/mol. The summed E-state index contributed by atoms with van der Waals surface area (Å²) in [5.41, 5.74) is 8.69. The molecular formula is C60H65N7O10. The summed E-state index contributed by atoms with van der Waals surface area (Å²) in [6, 6.07) is 19.6. The van der Waals surface area contributed by atoms with Crippen molar-refractivity contribution in [3.63, 3.8) is 0 Å². The summed E-state index contributed by atoms with van der Waals surface area (Å²) in [5, 5.41) is 5.76. The Balaban J connectivity index is 0.732. The molecule has 5 heterocycles. The van der Waals surface area contributed by atoms with Gasteiger partial charge in [-0.3, -0.25) is 48.4 Å². The standard InChI is InChI=1S/C60H65N7O10/c1-35(2)57(64-54(69)11-8-7-9-20-65-55(70)18-19-56(65)71)50(68)25-38(5)58(72)63-43-16-14-39(15-17-43)42-27-45-32-61-48-29-51(37(4)24-46(48)59(73)67(45)34-42)76-21-10-22-77-53-30-49-47(28-52(53)75-6)60(74)66-33-41-23-36(3)12-13-40(41)26-44(66)31-62-49/h12-19,23-24,28-32,34-35,38,44-45,57H,7-11,20-22,25-27,33H2,1-6H3,(H,63,72)(H,64,69)/t38-,44+,45+,57+/m1/s1. The van der Waals surface area contributed by atoms with Crippen molar-refractivity contribution in [1.82, 2.24) is 20.0 Å². The number of aryl methyl sites for hydroxylation is 2. The maximum Gasteiger partial charge on any atom is 0.260 e. The number of nitrogens with zero attached hydrogens (tertiary/aromatic N) is 5. The van der Waals surface area contributed by atoms with Crippen molar-refractivity contribution in [3.05, 3.63) is 124 Å². The zero-order chi connectivity index (χ0) is 54.5. The minimum absolute atomic E-state index is 0.0580. The molecule has 0 spiro atoms. The van der Waals surface area contributed by atoms with Crippen LogP contribution in [0.3, 0.4) is 0 Å². The number of imide groups is 1. The van der Waals surface area contributed by atoms with Crippen LogP contribution in [0, 0.1) is 25.7 Å². The lowest BCUT2D eigenvalue weighted by Crippen LogP contribution is -2.45. The number of nitrogens with one attached hydrogen (secondary N) is 2. The van der Waals surface area contributed by atoms with E-state index < -0.39 is 12.0 Å². The second-order valence-electron chi connectivity index (χ2n) is 20.8. The first-order chi connectivity index (χ1) is 37.0. The van der Waals surface area contributed by atoms with E-state index in [-0.39, 0.29) is 72.1 Å². The van der Waals surface area contributed by atoms with Crippen LogP contribution in [0.1, 0.15) is 114 Å². The summed E-state index contributed by atoms with van der Waals surface area (Å²) in [5.74, 6) is -1.07. The first kappa shape index (κ1) is 53.6. The van der Waals surface area contributed by atoms with E-state index in [1.165, 1.54) is 22.6 Å². The summed E-state index contributed by atoms with van der Waals surface area (Å²) in [6.07, 6.45) is 11.7. The highest BCUT2D eigenvalue weighted by molar-refractivity contribution is 6.13. The molecule has 17 heteroatoms. The van der Waals surface area contributed by atoms with E-state index in [1.807, 2.05) is 56.3 Å². The molecule has 9 rings (SSSR count). The van der Waals surface area contributed by atoms with Crippen molar-refractivity contribution in [1.29, 1.82) is 0 Å². The molecule has 4 aromatic carbocycles. The number of unbranched alkanes of at least 4 members (excludes halogenated alkanes) is 2. The van der Waals surface area contributed by atoms with Crippen molar-refractivity contribution >= 4 is 76.3 Å². The van der Waals surface area contributed by atoms with Crippen LogP contribution in [0.2, 0.25) is 0 Å². The van der Waals surface area contributed by atoms with Crippen molar-refractivity contribution in [3.8, 4) is 17.2 Å². The van der Waals surface area contributed by atoms with Crippen LogP contribution in [0.4, 0.5) is 17.1 Å². The smallest absolute Gasteiger partial charge is 0.260 e. The fourth-order valence-electron chi connectivity index (χ4n) is 10.3. The summed E-state index contributed by atoms with van der Waals surface area (Å²) in [4.78, 5) is 105. The third kappa shape index (κ3) is 12.1. The van der Waals surface area contributed by atoms with Gasteiger partial charge in [-0.2, -0.15) is 0 Å². The molecule has 17 nitrogen and oxygen atoms in total. The van der Waals surface area contributed by atoms with Gasteiger partial charge in [0.2, 0.25) is 11.8 Å². The molecule has 0 unspecified atom stereocenters. The Bertz CT molecular complexity index is 3120. The number of anilines is 1. The number of benzene rings is 4. The molecule has 0 saturated carbocycles. The maximum atomic E-state index is 14.1. The van der Waals surface area contributed by atoms with E-state index in [1.54, 1.807) is 55.5 Å². The average Bonchev–Trinajstić information content (AvgIpc) is 3.92. The number of Topliss-reactive ketones (excluding diaryl/α,β-unsaturated/α-hetero) is 1. The Morgan fingerprint density at radius 2 is 1.42 bits per heavy atom. The highest BCUT2D eigenvalue weighted by Crippen LogP contribution is 2.40. The Kier molecular flexibility index (Phi) is 16.3. The molecule has 0 aliphatic carbocycles. The minimum Gasteiger partial charge on any atom is -0.493 e. The molecule has 2 N–H and O–H groups in total. The van der Waals surface area contributed by atoms with Crippen LogP contribution >= 0.6 is 0 Å². The van der Waals surface area contributed by atoms with Crippen LogP contribution in [0.15, 0.2) is 95.1 Å². The highest BCUT2D eigenvalue weighted by Gasteiger charge is 2.36. The van der Waals surface area contributed by atoms with Gasteiger partial charge in [-0.1, -0.05) is 63.1 Å². The van der Waals surface area contributed by atoms with Crippen LogP contribution in [0.25, 0.3) is 5.57 Å². The number of carbonyl (C=O) groups is 7. The Labute approximate surface area is 448 Å². The molecule has 77 heavy (non-hydrogen) atoms. The molecule has 4 atom stereocenters. The lowest BCUT2D eigenvalue weighted by atomic mass is 9.92. The lowest BCUT2D eigenvalue weighted by Gasteiger charge is -2.34. The first-order valence-corrected chi connectivity index (χ1v) is 26.5. The SMILES string of the molecule is COc1cc2c(cc1OCCCOc1cc3c(cc1C)C(=O)N1C=C(c4ccc(NC(=O)[C@H](C)CC(=O)[C@@H](NC(=O)CCCCCN5C(=O)C=CC5=O)C(C)C)cc4)C[C@H]1C=N3)N=C[C@@H]1Cc3ccc(C)cc3CN1C2=O. The Morgan fingerprint density at radius 1 is 0.727 bits per heavy atom. The minimum atomic E-state index is -0.750. The third-order valence-corrected chi connectivity index (χ3v) is 14.7. The molecule has 0 saturated heterocycles. The summed E-state index contributed by atoms with van der Waals surface area (Å²) >= 11 is 0. The highest BCUT2D eigenvalue weighted by atomic mass is 16.5. The summed E-state index contributed by atoms with van der Waals surface area (Å²) < 4.78 is 18.1. The summed E-state index contributed by atoms with van der Waals surface area (Å²) in [6.45, 7) is 10.8. The predicted octanol–water partition coefficient (Wildman–Crippen LogP) is 8.57. The van der Waals surface area contributed by atoms with Gasteiger partial charge in [0, 0.05) is 93.3 Å². The van der Waals surface area contributed by atoms with Gasteiger partial charge in [-0.15, -0.1) is 0 Å². The van der Waals surface area contributed by atoms with Gasteiger partial charge in [0.1, 0.15) is 5.75 Å². The number of aliphatic imine (C=N–C) groups is 2. The fourth-order valence-corrected chi connectivity index (χ4v) is 10.3. The number of amides is 6. The monoisotopic (exact) mass is 1040 g/mol. The van der Waals surface area contributed by atoms with Gasteiger partial charge in [0.25, 0.3) is 23.6 Å². The first-order valence-electron chi connectivity index (χ1n) is 26.5. The van der Waals surface area contributed by atoms with Crippen molar-refractivity contribution in [2.45, 2.75) is 111 Å². The molecule has 0 radical (unpaired) electrons. The Morgan fingerprint density at radius 3 is 2.13 bits per heavy atom. The number of ether oxygens (including phenoxy) is 3. The van der Waals surface area contributed by atoms with Gasteiger partial charge >= 0.3 is 0 Å². The molecule has 0 fully saturated rings.